The van der Waals surface area contributed by atoms with Gasteiger partial charge in [-0.2, -0.15) is 0 Å². The molecule has 10 heteroatoms. The van der Waals surface area contributed by atoms with Crippen molar-refractivity contribution in [2.75, 3.05) is 13.2 Å². The van der Waals surface area contributed by atoms with E-state index in [0.29, 0.717) is 63.4 Å². The number of allylic oxidation sites excluding steroid dienone is 1. The van der Waals surface area contributed by atoms with Gasteiger partial charge in [0.1, 0.15) is 12.3 Å². The Morgan fingerprint density at radius 3 is 2.52 bits per heavy atom. The monoisotopic (exact) mass is 734 g/mol. The number of aliphatic hydroxyl groups is 6. The summed E-state index contributed by atoms with van der Waals surface area (Å²) in [5.41, 5.74) is 2.84. The van der Waals surface area contributed by atoms with Crippen molar-refractivity contribution in [1.82, 2.24) is 0 Å². The third-order valence-corrected chi connectivity index (χ3v) is 16.3. The molecule has 0 radical (unpaired) electrons. The summed E-state index contributed by atoms with van der Waals surface area (Å²) in [6.45, 7) is 8.85. The third kappa shape index (κ3) is 7.02. The van der Waals surface area contributed by atoms with Gasteiger partial charge in [0.05, 0.1) is 42.2 Å². The molecule has 3 saturated carbocycles. The summed E-state index contributed by atoms with van der Waals surface area (Å²) in [6.07, 6.45) is 11.8. The number of fused-ring (bicyclic) bond motifs is 5. The molecule has 2 aliphatic heterocycles. The highest BCUT2D eigenvalue weighted by Gasteiger charge is 2.70. The minimum absolute atomic E-state index is 0.0417. The Kier molecular flexibility index (Phi) is 12.4. The minimum Gasteiger partial charge on any atom is -0.396 e. The van der Waals surface area contributed by atoms with Gasteiger partial charge in [-0.15, -0.1) is 0 Å². The van der Waals surface area contributed by atoms with Gasteiger partial charge in [0.25, 0.3) is 0 Å². The number of nitrogens with two attached hydrogens (primary N) is 2. The average Bonchev–Trinajstić information content (AvgIpc) is 3.62. The van der Waals surface area contributed by atoms with Crippen LogP contribution in [0.25, 0.3) is 0 Å². The van der Waals surface area contributed by atoms with Crippen molar-refractivity contribution in [3.8, 4) is 0 Å². The molecule has 2 saturated heterocycles. The van der Waals surface area contributed by atoms with Gasteiger partial charge in [0.15, 0.2) is 5.78 Å². The molecule has 4 aliphatic carbocycles. The molecule has 0 spiro atoms. The van der Waals surface area contributed by atoms with Crippen molar-refractivity contribution in [2.45, 2.75) is 185 Å². The van der Waals surface area contributed by atoms with Gasteiger partial charge in [-0.3, -0.25) is 10.5 Å². The van der Waals surface area contributed by atoms with E-state index < -0.39 is 58.3 Å². The molecule has 0 aromatic heterocycles. The molecule has 298 valence electrons. The van der Waals surface area contributed by atoms with Gasteiger partial charge in [-0.1, -0.05) is 46.5 Å². The number of hydrogen-bond donors (Lipinski definition) is 8. The maximum atomic E-state index is 14.3. The summed E-state index contributed by atoms with van der Waals surface area (Å²) in [5.74, 6) is -0.251. The van der Waals surface area contributed by atoms with E-state index in [-0.39, 0.29) is 42.9 Å². The van der Waals surface area contributed by atoms with E-state index >= 15 is 0 Å². The van der Waals surface area contributed by atoms with E-state index in [1.165, 1.54) is 19.3 Å². The van der Waals surface area contributed by atoms with Crippen LogP contribution in [0.4, 0.5) is 0 Å². The maximum Gasteiger partial charge on any atom is 0.159 e. The Bertz CT molecular complexity index is 1280. The number of aliphatic hydroxyl groups excluding tert-OH is 4. The van der Waals surface area contributed by atoms with Crippen LogP contribution >= 0.6 is 0 Å². The van der Waals surface area contributed by atoms with Gasteiger partial charge in [0.2, 0.25) is 0 Å². The van der Waals surface area contributed by atoms with Gasteiger partial charge in [0, 0.05) is 36.7 Å². The summed E-state index contributed by atoms with van der Waals surface area (Å²) in [5, 5.41) is 71.3. The minimum atomic E-state index is -1.52. The summed E-state index contributed by atoms with van der Waals surface area (Å²) in [4.78, 5) is 14.3. The molecule has 0 amide bonds. The van der Waals surface area contributed by atoms with Crippen molar-refractivity contribution < 1.29 is 45.5 Å². The number of quaternary nitrogens is 1. The molecule has 0 bridgehead atoms. The first-order valence-corrected chi connectivity index (χ1v) is 21.2. The number of rotatable bonds is 14. The zero-order valence-corrected chi connectivity index (χ0v) is 32.6. The van der Waals surface area contributed by atoms with Crippen molar-refractivity contribution in [1.29, 1.82) is 0 Å². The van der Waals surface area contributed by atoms with Crippen LogP contribution in [0.1, 0.15) is 137 Å². The standard InChI is InChI=1S/C42H72N2O8/c1-5-6-7-8-10-27-24-52-37(25(27)2)38(49)40(4,50)35-16-19-42(51)29-21-32(46)30-22-33(47)34(48)23-41(30,28(29)15-17-39(35,42)3)18-14-26-12-13-36(43)44-31(26)11-9-20-45/h21,25-28,30-31,33-38,44-45,47-51H,5-20,22-24,43H2,1-4H3/p+1. The zero-order chi connectivity index (χ0) is 37.6. The van der Waals surface area contributed by atoms with Crippen LogP contribution in [-0.2, 0) is 9.53 Å². The van der Waals surface area contributed by atoms with Gasteiger partial charge >= 0.3 is 0 Å². The normalized spacial score (nSPS) is 46.6. The van der Waals surface area contributed by atoms with Crippen molar-refractivity contribution in [2.24, 2.45) is 52.1 Å². The van der Waals surface area contributed by atoms with Crippen molar-refractivity contribution in [3.63, 3.8) is 0 Å². The Morgan fingerprint density at radius 2 is 1.79 bits per heavy atom. The second-order valence-corrected chi connectivity index (χ2v) is 19.0. The van der Waals surface area contributed by atoms with Crippen LogP contribution in [0.2, 0.25) is 0 Å². The van der Waals surface area contributed by atoms with Crippen molar-refractivity contribution >= 4 is 5.78 Å². The van der Waals surface area contributed by atoms with E-state index in [9.17, 15) is 35.4 Å². The molecule has 10 N–H and O–H groups in total. The van der Waals surface area contributed by atoms with E-state index in [2.05, 4.69) is 19.2 Å². The number of carbonyl (C=O) groups is 1. The van der Waals surface area contributed by atoms with Crippen LogP contribution in [0.15, 0.2) is 11.6 Å². The van der Waals surface area contributed by atoms with Crippen molar-refractivity contribution in [3.05, 3.63) is 11.6 Å². The fourth-order valence-corrected chi connectivity index (χ4v) is 13.1. The highest BCUT2D eigenvalue weighted by atomic mass is 16.5. The summed E-state index contributed by atoms with van der Waals surface area (Å²) < 4.78 is 6.25. The molecule has 5 fully saturated rings. The van der Waals surface area contributed by atoms with Crippen LogP contribution in [-0.4, -0.2) is 97.5 Å². The van der Waals surface area contributed by atoms with Crippen LogP contribution < -0.4 is 11.1 Å². The molecule has 6 rings (SSSR count). The number of piperidine rings is 1. The second kappa shape index (κ2) is 15.9. The Balaban J connectivity index is 1.25. The number of hydrogen-bond acceptors (Lipinski definition) is 9. The van der Waals surface area contributed by atoms with E-state index in [1.54, 1.807) is 13.0 Å². The lowest BCUT2D eigenvalue weighted by atomic mass is 9.44. The predicted octanol–water partition coefficient (Wildman–Crippen LogP) is 3.08. The van der Waals surface area contributed by atoms with Crippen LogP contribution in [0.3, 0.4) is 0 Å². The quantitative estimate of drug-likeness (QED) is 0.124. The lowest BCUT2D eigenvalue weighted by Crippen LogP contribution is -3.00. The Hall–Kier alpha value is -0.950. The lowest BCUT2D eigenvalue weighted by molar-refractivity contribution is -0.737. The third-order valence-electron chi connectivity index (χ3n) is 16.3. The topological polar surface area (TPSA) is 190 Å². The summed E-state index contributed by atoms with van der Waals surface area (Å²) in [6, 6.07) is 0.283. The molecular formula is C42H73N2O8+. The first kappa shape index (κ1) is 40.7. The van der Waals surface area contributed by atoms with Gasteiger partial charge < -0.3 is 40.7 Å². The molecule has 16 unspecified atom stereocenters. The highest BCUT2D eigenvalue weighted by molar-refractivity contribution is 5.95. The van der Waals surface area contributed by atoms with Crippen LogP contribution in [0, 0.1) is 46.3 Å². The summed E-state index contributed by atoms with van der Waals surface area (Å²) >= 11 is 0. The largest absolute Gasteiger partial charge is 0.396 e. The van der Waals surface area contributed by atoms with Gasteiger partial charge in [-0.25, -0.2) is 0 Å². The van der Waals surface area contributed by atoms with Gasteiger partial charge in [-0.05, 0) is 118 Å². The first-order valence-electron chi connectivity index (χ1n) is 21.2. The fraction of sp³-hybridized carbons (Fsp3) is 0.929. The SMILES string of the molecule is CCCCCCC1COC(C(O)C(C)(O)C2CCC3(O)C4=CC(=O)C5CC(O)C(O)CC5(CCC5CCC(N)[NH2+]C5CCCO)C4CCC23C)C1C. The Labute approximate surface area is 312 Å². The zero-order valence-electron chi connectivity index (χ0n) is 32.6. The predicted molar refractivity (Wildman–Crippen MR) is 199 cm³/mol. The Morgan fingerprint density at radius 1 is 1.02 bits per heavy atom. The fourth-order valence-electron chi connectivity index (χ4n) is 13.1. The number of unbranched alkanes of at least 4 members (excludes halogenated alkanes) is 3. The van der Waals surface area contributed by atoms with E-state index in [0.717, 1.165) is 44.1 Å². The molecule has 6 aliphatic rings. The lowest BCUT2D eigenvalue weighted by Gasteiger charge is -2.62. The molecular weight excluding hydrogens is 660 g/mol. The average molecular weight is 734 g/mol. The van der Waals surface area contributed by atoms with E-state index in [1.807, 2.05) is 6.92 Å². The second-order valence-electron chi connectivity index (χ2n) is 19.0. The highest BCUT2D eigenvalue weighted by Crippen LogP contribution is 2.69. The molecule has 52 heavy (non-hydrogen) atoms. The number of carbonyl (C=O) groups excluding carboxylic acids is 1. The molecule has 2 heterocycles. The summed E-state index contributed by atoms with van der Waals surface area (Å²) in [7, 11) is 0. The maximum absolute atomic E-state index is 14.3. The van der Waals surface area contributed by atoms with Crippen LogP contribution in [0.5, 0.6) is 0 Å². The number of ether oxygens (including phenoxy) is 1. The molecule has 0 aromatic carbocycles. The molecule has 16 atom stereocenters. The number of ketones is 1. The first-order chi connectivity index (χ1) is 24.6. The van der Waals surface area contributed by atoms with E-state index in [4.69, 9.17) is 10.5 Å². The molecule has 10 nitrogen and oxygen atoms in total. The smallest absolute Gasteiger partial charge is 0.159 e. The molecule has 0 aromatic rings.